The number of aromatic nitrogens is 1. The van der Waals surface area contributed by atoms with E-state index in [2.05, 4.69) is 4.98 Å². The molecule has 96 valence electrons. The van der Waals surface area contributed by atoms with E-state index in [1.54, 1.807) is 18.9 Å². The van der Waals surface area contributed by atoms with Gasteiger partial charge in [0, 0.05) is 27.7 Å². The van der Waals surface area contributed by atoms with Gasteiger partial charge in [0.05, 0.1) is 6.10 Å². The molecule has 0 aliphatic rings. The zero-order valence-corrected chi connectivity index (χ0v) is 11.3. The van der Waals surface area contributed by atoms with E-state index >= 15 is 0 Å². The lowest BCUT2D eigenvalue weighted by Crippen LogP contribution is -2.32. The lowest BCUT2D eigenvalue weighted by Gasteiger charge is -2.17. The van der Waals surface area contributed by atoms with Crippen molar-refractivity contribution in [2.75, 3.05) is 38.3 Å². The fraction of sp³-hybridized carbons (Fsp3) is 0.600. The summed E-state index contributed by atoms with van der Waals surface area (Å²) >= 11 is 1.25. The standard InChI is InChI=1S/C10H18N4O2S/c1-6(15)5-14(4)9(16)7-8(11)12-10(17-7)13(2)3/h6,15H,5,11H2,1-4H3. The van der Waals surface area contributed by atoms with Crippen LogP contribution in [0, 0.1) is 0 Å². The van der Waals surface area contributed by atoms with Crippen LogP contribution in [0.4, 0.5) is 10.9 Å². The van der Waals surface area contributed by atoms with E-state index in [1.165, 1.54) is 16.2 Å². The smallest absolute Gasteiger partial charge is 0.267 e. The van der Waals surface area contributed by atoms with Gasteiger partial charge in [-0.15, -0.1) is 0 Å². The van der Waals surface area contributed by atoms with E-state index in [1.807, 2.05) is 14.1 Å². The van der Waals surface area contributed by atoms with Gasteiger partial charge in [-0.05, 0) is 6.92 Å². The molecule has 1 aromatic rings. The first-order valence-corrected chi connectivity index (χ1v) is 6.01. The van der Waals surface area contributed by atoms with E-state index in [0.717, 1.165) is 0 Å². The van der Waals surface area contributed by atoms with Gasteiger partial charge in [-0.25, -0.2) is 4.98 Å². The van der Waals surface area contributed by atoms with E-state index in [-0.39, 0.29) is 18.3 Å². The molecule has 1 rings (SSSR count). The Morgan fingerprint density at radius 3 is 2.53 bits per heavy atom. The van der Waals surface area contributed by atoms with E-state index in [0.29, 0.717) is 10.0 Å². The molecule has 7 heteroatoms. The van der Waals surface area contributed by atoms with Crippen molar-refractivity contribution in [3.8, 4) is 0 Å². The normalized spacial score (nSPS) is 12.3. The number of anilines is 2. The van der Waals surface area contributed by atoms with Crippen molar-refractivity contribution < 1.29 is 9.90 Å². The molecule has 0 bridgehead atoms. The average Bonchev–Trinajstić information content (AvgIpc) is 2.58. The molecular weight excluding hydrogens is 240 g/mol. The lowest BCUT2D eigenvalue weighted by molar-refractivity contribution is 0.0709. The third kappa shape index (κ3) is 3.31. The number of amides is 1. The van der Waals surface area contributed by atoms with Crippen LogP contribution in [0.1, 0.15) is 16.6 Å². The zero-order valence-electron chi connectivity index (χ0n) is 10.5. The molecule has 0 aromatic carbocycles. The van der Waals surface area contributed by atoms with Gasteiger partial charge in [0.15, 0.2) is 5.13 Å². The van der Waals surface area contributed by atoms with Crippen molar-refractivity contribution in [3.05, 3.63) is 4.88 Å². The molecule has 1 amide bonds. The number of nitrogen functional groups attached to an aromatic ring is 1. The van der Waals surface area contributed by atoms with E-state index in [9.17, 15) is 9.90 Å². The van der Waals surface area contributed by atoms with Crippen LogP contribution in [0.15, 0.2) is 0 Å². The SMILES string of the molecule is CC(O)CN(C)C(=O)c1sc(N(C)C)nc1N. The number of hydrogen-bond acceptors (Lipinski definition) is 6. The van der Waals surface area contributed by atoms with Gasteiger partial charge in [0.2, 0.25) is 0 Å². The first kappa shape index (κ1) is 13.7. The first-order chi connectivity index (χ1) is 7.82. The summed E-state index contributed by atoms with van der Waals surface area (Å²) in [6.45, 7) is 1.90. The van der Waals surface area contributed by atoms with Crippen LogP contribution in [-0.2, 0) is 0 Å². The maximum Gasteiger partial charge on any atom is 0.267 e. The average molecular weight is 258 g/mol. The van der Waals surface area contributed by atoms with Crippen LogP contribution >= 0.6 is 11.3 Å². The number of carbonyl (C=O) groups is 1. The van der Waals surface area contributed by atoms with Crippen molar-refractivity contribution >= 4 is 28.2 Å². The summed E-state index contributed by atoms with van der Waals surface area (Å²) in [4.78, 5) is 19.8. The summed E-state index contributed by atoms with van der Waals surface area (Å²) in [6, 6.07) is 0. The predicted molar refractivity (Wildman–Crippen MR) is 69.5 cm³/mol. The van der Waals surface area contributed by atoms with Crippen LogP contribution in [0.3, 0.4) is 0 Å². The van der Waals surface area contributed by atoms with Gasteiger partial charge in [-0.2, -0.15) is 0 Å². The summed E-state index contributed by atoms with van der Waals surface area (Å²) in [5.74, 6) is 0.0233. The number of likely N-dealkylation sites (N-methyl/N-ethyl adjacent to an activating group) is 1. The summed E-state index contributed by atoms with van der Waals surface area (Å²) < 4.78 is 0. The molecule has 6 nitrogen and oxygen atoms in total. The Balaban J connectivity index is 2.88. The molecule has 0 saturated heterocycles. The fourth-order valence-corrected chi connectivity index (χ4v) is 2.22. The molecule has 0 saturated carbocycles. The van der Waals surface area contributed by atoms with Crippen molar-refractivity contribution in [1.82, 2.24) is 9.88 Å². The molecule has 1 heterocycles. The third-order valence-electron chi connectivity index (χ3n) is 2.10. The van der Waals surface area contributed by atoms with Gasteiger partial charge in [-0.1, -0.05) is 11.3 Å². The molecule has 0 spiro atoms. The van der Waals surface area contributed by atoms with Crippen molar-refractivity contribution in [1.29, 1.82) is 0 Å². The maximum atomic E-state index is 12.0. The second-order valence-corrected chi connectivity index (χ2v) is 5.12. The fourth-order valence-electron chi connectivity index (χ4n) is 1.32. The summed E-state index contributed by atoms with van der Waals surface area (Å²) in [5.41, 5.74) is 5.71. The molecule has 1 unspecified atom stereocenters. The number of thiazole rings is 1. The molecule has 1 atom stereocenters. The van der Waals surface area contributed by atoms with Gasteiger partial charge in [0.1, 0.15) is 10.7 Å². The van der Waals surface area contributed by atoms with E-state index in [4.69, 9.17) is 5.73 Å². The summed E-state index contributed by atoms with van der Waals surface area (Å²) in [5, 5.41) is 9.93. The minimum Gasteiger partial charge on any atom is -0.392 e. The molecule has 0 fully saturated rings. The Hall–Kier alpha value is -1.34. The zero-order chi connectivity index (χ0) is 13.2. The van der Waals surface area contributed by atoms with Crippen LogP contribution in [0.25, 0.3) is 0 Å². The molecule has 0 radical (unpaired) electrons. The highest BCUT2D eigenvalue weighted by Crippen LogP contribution is 2.27. The topological polar surface area (TPSA) is 82.7 Å². The highest BCUT2D eigenvalue weighted by atomic mass is 32.1. The number of nitrogens with zero attached hydrogens (tertiary/aromatic N) is 3. The maximum absolute atomic E-state index is 12.0. The van der Waals surface area contributed by atoms with Gasteiger partial charge in [-0.3, -0.25) is 4.79 Å². The predicted octanol–water partition coefficient (Wildman–Crippen LogP) is 0.244. The van der Waals surface area contributed by atoms with E-state index < -0.39 is 6.10 Å². The number of aliphatic hydroxyl groups is 1. The number of nitrogens with two attached hydrogens (primary N) is 1. The van der Waals surface area contributed by atoms with Gasteiger partial charge >= 0.3 is 0 Å². The Morgan fingerprint density at radius 2 is 2.12 bits per heavy atom. The van der Waals surface area contributed by atoms with Crippen molar-refractivity contribution in [2.24, 2.45) is 0 Å². The molecular formula is C10H18N4O2S. The van der Waals surface area contributed by atoms with Crippen LogP contribution in [-0.4, -0.2) is 54.7 Å². The number of aliphatic hydroxyl groups excluding tert-OH is 1. The Bertz CT molecular complexity index is 403. The van der Waals surface area contributed by atoms with Gasteiger partial charge in [0.25, 0.3) is 5.91 Å². The molecule has 3 N–H and O–H groups in total. The highest BCUT2D eigenvalue weighted by molar-refractivity contribution is 7.18. The summed E-state index contributed by atoms with van der Waals surface area (Å²) in [7, 11) is 5.31. The molecule has 0 aliphatic heterocycles. The Morgan fingerprint density at radius 1 is 1.53 bits per heavy atom. The second kappa shape index (κ2) is 5.33. The van der Waals surface area contributed by atoms with Gasteiger partial charge < -0.3 is 20.6 Å². The molecule has 0 aliphatic carbocycles. The highest BCUT2D eigenvalue weighted by Gasteiger charge is 2.21. The summed E-state index contributed by atoms with van der Waals surface area (Å²) in [6.07, 6.45) is -0.564. The van der Waals surface area contributed by atoms with Crippen molar-refractivity contribution in [2.45, 2.75) is 13.0 Å². The van der Waals surface area contributed by atoms with Crippen LogP contribution in [0.2, 0.25) is 0 Å². The monoisotopic (exact) mass is 258 g/mol. The Labute approximate surface area is 105 Å². The largest absolute Gasteiger partial charge is 0.392 e. The number of rotatable bonds is 4. The first-order valence-electron chi connectivity index (χ1n) is 5.20. The molecule has 1 aromatic heterocycles. The minimum atomic E-state index is -0.564. The molecule has 17 heavy (non-hydrogen) atoms. The number of hydrogen-bond donors (Lipinski definition) is 2. The second-order valence-electron chi connectivity index (χ2n) is 4.14. The minimum absolute atomic E-state index is 0.214. The number of carbonyl (C=O) groups excluding carboxylic acids is 1. The Kier molecular flexibility index (Phi) is 4.30. The van der Waals surface area contributed by atoms with Crippen LogP contribution < -0.4 is 10.6 Å². The quantitative estimate of drug-likeness (QED) is 0.808. The van der Waals surface area contributed by atoms with Crippen LogP contribution in [0.5, 0.6) is 0 Å². The van der Waals surface area contributed by atoms with Crippen molar-refractivity contribution in [3.63, 3.8) is 0 Å². The lowest BCUT2D eigenvalue weighted by atomic mass is 10.3. The third-order valence-corrected chi connectivity index (χ3v) is 3.33.